The molecular weight excluding hydrogens is 96.1 g/mol. The van der Waals surface area contributed by atoms with Crippen LogP contribution in [0, 0.1) is 31.6 Å². The molecule has 0 unspecified atom stereocenters. The van der Waals surface area contributed by atoms with Gasteiger partial charge in [0.15, 0.2) is 0 Å². The SMILES string of the molecule is CCC[C]1[C][C][C][C]1. The summed E-state index contributed by atoms with van der Waals surface area (Å²) in [5.74, 6) is 1.10. The molecule has 1 aliphatic rings. The molecular formula is C8H7. The van der Waals surface area contributed by atoms with Crippen LogP contribution < -0.4 is 0 Å². The summed E-state index contributed by atoms with van der Waals surface area (Å²) in [4.78, 5) is 0. The first-order chi connectivity index (χ1) is 3.93. The zero-order valence-corrected chi connectivity index (χ0v) is 4.91. The Labute approximate surface area is 52.3 Å². The van der Waals surface area contributed by atoms with Crippen LogP contribution in [0.1, 0.15) is 19.8 Å². The molecule has 1 fully saturated rings. The van der Waals surface area contributed by atoms with Crippen LogP contribution in [0.5, 0.6) is 0 Å². The van der Waals surface area contributed by atoms with Gasteiger partial charge in [-0.2, -0.15) is 0 Å². The summed E-state index contributed by atoms with van der Waals surface area (Å²) >= 11 is 0. The highest BCUT2D eigenvalue weighted by atomic mass is 14.2. The van der Waals surface area contributed by atoms with Gasteiger partial charge in [0.2, 0.25) is 0 Å². The molecule has 0 bridgehead atoms. The van der Waals surface area contributed by atoms with Gasteiger partial charge in [0.05, 0.1) is 0 Å². The van der Waals surface area contributed by atoms with Gasteiger partial charge in [-0.3, -0.25) is 0 Å². The van der Waals surface area contributed by atoms with Gasteiger partial charge in [-0.15, -0.1) is 0 Å². The van der Waals surface area contributed by atoms with Crippen molar-refractivity contribution in [3.8, 4) is 0 Å². The van der Waals surface area contributed by atoms with Crippen molar-refractivity contribution in [2.45, 2.75) is 19.8 Å². The largest absolute Gasteiger partial charge is 0.0654 e. The van der Waals surface area contributed by atoms with E-state index in [4.69, 9.17) is 0 Å². The van der Waals surface area contributed by atoms with E-state index < -0.39 is 0 Å². The summed E-state index contributed by atoms with van der Waals surface area (Å²) in [6.45, 7) is 2.13. The van der Waals surface area contributed by atoms with Crippen LogP contribution in [0.25, 0.3) is 0 Å². The highest BCUT2D eigenvalue weighted by Gasteiger charge is 2.16. The van der Waals surface area contributed by atoms with E-state index in [0.29, 0.717) is 0 Å². The minimum absolute atomic E-state index is 1.06. The normalized spacial score (nSPS) is 22.1. The highest BCUT2D eigenvalue weighted by molar-refractivity contribution is 5.34. The van der Waals surface area contributed by atoms with Crippen molar-refractivity contribution < 1.29 is 0 Å². The molecule has 0 spiro atoms. The number of rotatable bonds is 2. The third-order valence-electron chi connectivity index (χ3n) is 0.989. The van der Waals surface area contributed by atoms with Crippen molar-refractivity contribution in [3.05, 3.63) is 31.6 Å². The second-order valence-electron chi connectivity index (χ2n) is 1.73. The van der Waals surface area contributed by atoms with Crippen LogP contribution in [0.3, 0.4) is 0 Å². The molecule has 0 amide bonds. The van der Waals surface area contributed by atoms with Crippen LogP contribution in [-0.2, 0) is 0 Å². The minimum atomic E-state index is 1.06. The first-order valence-electron chi connectivity index (χ1n) is 2.81. The Bertz CT molecular complexity index is 51.1. The minimum Gasteiger partial charge on any atom is -0.0654 e. The van der Waals surface area contributed by atoms with Crippen molar-refractivity contribution in [1.82, 2.24) is 0 Å². The molecule has 1 saturated carbocycles. The topological polar surface area (TPSA) is 0 Å². The standard InChI is InChI=1S/C8H7/c1-2-5-8-6-3-4-7-8/h2,5H2,1H3. The van der Waals surface area contributed by atoms with Gasteiger partial charge in [0, 0.05) is 0 Å². The Kier molecular flexibility index (Phi) is 2.38. The Balaban J connectivity index is 2.06. The van der Waals surface area contributed by atoms with Crippen molar-refractivity contribution in [3.63, 3.8) is 0 Å². The number of hydrogen-bond donors (Lipinski definition) is 0. The molecule has 0 aliphatic heterocycles. The van der Waals surface area contributed by atoms with Gasteiger partial charge in [-0.25, -0.2) is 0 Å². The maximum atomic E-state index is 2.90. The van der Waals surface area contributed by atoms with Crippen molar-refractivity contribution in [2.24, 2.45) is 0 Å². The molecule has 8 heavy (non-hydrogen) atoms. The van der Waals surface area contributed by atoms with Crippen molar-refractivity contribution in [1.29, 1.82) is 0 Å². The summed E-state index contributed by atoms with van der Waals surface area (Å²) in [5.41, 5.74) is 0. The van der Waals surface area contributed by atoms with Gasteiger partial charge >= 0.3 is 0 Å². The van der Waals surface area contributed by atoms with E-state index in [0.717, 1.165) is 18.8 Å². The molecule has 0 heterocycles. The van der Waals surface area contributed by atoms with Crippen LogP contribution in [0.2, 0.25) is 0 Å². The summed E-state index contributed by atoms with van der Waals surface area (Å²) in [7, 11) is 0. The molecule has 0 aromatic rings. The summed E-state index contributed by atoms with van der Waals surface area (Å²) in [5, 5.41) is 0. The lowest BCUT2D eigenvalue weighted by molar-refractivity contribution is 0.852. The van der Waals surface area contributed by atoms with Crippen LogP contribution in [0.4, 0.5) is 0 Å². The quantitative estimate of drug-likeness (QED) is 0.499. The summed E-state index contributed by atoms with van der Waals surface area (Å²) in [6.07, 6.45) is 13.4. The zero-order valence-electron chi connectivity index (χ0n) is 4.91. The van der Waals surface area contributed by atoms with Crippen LogP contribution >= 0.6 is 0 Å². The van der Waals surface area contributed by atoms with Gasteiger partial charge < -0.3 is 0 Å². The summed E-state index contributed by atoms with van der Waals surface area (Å²) in [6, 6.07) is 0. The molecule has 0 atom stereocenters. The third kappa shape index (κ3) is 1.50. The molecule has 1 rings (SSSR count). The van der Waals surface area contributed by atoms with Crippen molar-refractivity contribution >= 4 is 0 Å². The van der Waals surface area contributed by atoms with E-state index in [1.807, 2.05) is 0 Å². The Morgan fingerprint density at radius 1 is 1.25 bits per heavy atom. The molecule has 9 radical (unpaired) electrons. The monoisotopic (exact) mass is 103 g/mol. The molecule has 0 aromatic carbocycles. The molecule has 1 aliphatic carbocycles. The molecule has 0 heteroatoms. The van der Waals surface area contributed by atoms with Gasteiger partial charge in [-0.1, -0.05) is 13.3 Å². The lowest BCUT2D eigenvalue weighted by Crippen LogP contribution is -1.88. The van der Waals surface area contributed by atoms with E-state index in [2.05, 4.69) is 32.6 Å². The third-order valence-corrected chi connectivity index (χ3v) is 0.989. The molecule has 0 N–H and O–H groups in total. The van der Waals surface area contributed by atoms with E-state index in [1.165, 1.54) is 0 Å². The zero-order chi connectivity index (χ0) is 5.82. The van der Waals surface area contributed by atoms with Gasteiger partial charge in [-0.05, 0) is 38.0 Å². The number of hydrogen-bond acceptors (Lipinski definition) is 0. The first kappa shape index (κ1) is 6.12. The fraction of sp³-hybridized carbons (Fsp3) is 0.375. The fourth-order valence-electron chi connectivity index (χ4n) is 0.620. The van der Waals surface area contributed by atoms with Crippen LogP contribution in [-0.4, -0.2) is 0 Å². The van der Waals surface area contributed by atoms with E-state index in [1.54, 1.807) is 0 Å². The lowest BCUT2D eigenvalue weighted by atomic mass is 10.0. The predicted molar refractivity (Wildman–Crippen MR) is 31.1 cm³/mol. The second-order valence-corrected chi connectivity index (χ2v) is 1.73. The highest BCUT2D eigenvalue weighted by Crippen LogP contribution is 2.26. The fourth-order valence-corrected chi connectivity index (χ4v) is 0.620. The summed E-state index contributed by atoms with van der Waals surface area (Å²) < 4.78 is 0. The maximum Gasteiger partial charge on any atom is -0.0000244 e. The van der Waals surface area contributed by atoms with E-state index in [-0.39, 0.29) is 0 Å². The average Bonchev–Trinajstić information content (AvgIpc) is 2.19. The first-order valence-corrected chi connectivity index (χ1v) is 2.81. The molecule has 0 saturated heterocycles. The molecule has 39 valence electrons. The molecule has 0 nitrogen and oxygen atoms in total. The Morgan fingerprint density at radius 3 is 2.38 bits per heavy atom. The average molecular weight is 103 g/mol. The lowest BCUT2D eigenvalue weighted by Gasteiger charge is -2.00. The van der Waals surface area contributed by atoms with E-state index >= 15 is 0 Å². The Morgan fingerprint density at radius 2 is 1.88 bits per heavy atom. The Hall–Kier alpha value is 0. The molecule has 0 aromatic heterocycles. The van der Waals surface area contributed by atoms with Gasteiger partial charge in [0.1, 0.15) is 0 Å². The van der Waals surface area contributed by atoms with E-state index in [9.17, 15) is 0 Å². The maximum absolute atomic E-state index is 2.90. The second kappa shape index (κ2) is 3.11. The van der Waals surface area contributed by atoms with Gasteiger partial charge in [0.25, 0.3) is 0 Å². The van der Waals surface area contributed by atoms with Crippen molar-refractivity contribution in [2.75, 3.05) is 0 Å². The smallest absolute Gasteiger partial charge is 0.0000244 e. The van der Waals surface area contributed by atoms with Crippen LogP contribution in [0.15, 0.2) is 0 Å². The predicted octanol–water partition coefficient (Wildman–Crippen LogP) is 1.70.